The molecule has 0 saturated heterocycles. The van der Waals surface area contributed by atoms with Crippen molar-refractivity contribution in [2.75, 3.05) is 13.2 Å². The van der Waals surface area contributed by atoms with Gasteiger partial charge < -0.3 is 0 Å². The minimum atomic E-state index is -3.35. The number of halogens is 1. The summed E-state index contributed by atoms with van der Waals surface area (Å²) >= 11 is 5.89. The van der Waals surface area contributed by atoms with Crippen LogP contribution in [0.25, 0.3) is 0 Å². The van der Waals surface area contributed by atoms with Crippen LogP contribution in [-0.4, -0.2) is 13.2 Å². The average molecular weight is 309 g/mol. The van der Waals surface area contributed by atoms with Crippen LogP contribution in [-0.2, 0) is 13.6 Å². The Morgan fingerprint density at radius 3 is 1.53 bits per heavy atom. The van der Waals surface area contributed by atoms with E-state index in [1.165, 1.54) is 64.2 Å². The fourth-order valence-corrected chi connectivity index (χ4v) is 4.32. The Bertz CT molecular complexity index is 273. The molecule has 0 aliphatic heterocycles. The van der Waals surface area contributed by atoms with Crippen LogP contribution in [0.5, 0.6) is 0 Å². The predicted octanol–water partition coefficient (Wildman–Crippen LogP) is 5.53. The van der Waals surface area contributed by atoms with E-state index in [9.17, 15) is 4.57 Å². The molecule has 19 heavy (non-hydrogen) atoms. The van der Waals surface area contributed by atoms with Crippen LogP contribution in [0.4, 0.5) is 0 Å². The van der Waals surface area contributed by atoms with Crippen molar-refractivity contribution in [1.82, 2.24) is 0 Å². The third-order valence-corrected chi connectivity index (χ3v) is 5.88. The van der Waals surface area contributed by atoms with Crippen molar-refractivity contribution in [3.05, 3.63) is 0 Å². The van der Waals surface area contributed by atoms with Gasteiger partial charge in [-0.3, -0.25) is 9.05 Å². The Balaban J connectivity index is 1.64. The minimum Gasteiger partial charge on any atom is -0.297 e. The molecule has 0 atom stereocenters. The second kappa shape index (κ2) is 8.02. The van der Waals surface area contributed by atoms with Crippen molar-refractivity contribution in [1.29, 1.82) is 0 Å². The van der Waals surface area contributed by atoms with E-state index < -0.39 is 6.95 Å². The van der Waals surface area contributed by atoms with Gasteiger partial charge in [0, 0.05) is 11.2 Å². The van der Waals surface area contributed by atoms with Crippen molar-refractivity contribution in [2.24, 2.45) is 11.8 Å². The van der Waals surface area contributed by atoms with Crippen LogP contribution in [0.2, 0.25) is 0 Å². The zero-order chi connectivity index (χ0) is 13.6. The van der Waals surface area contributed by atoms with Gasteiger partial charge in [-0.25, -0.2) is 4.57 Å². The van der Waals surface area contributed by atoms with E-state index in [0.717, 1.165) is 0 Å². The van der Waals surface area contributed by atoms with Crippen LogP contribution in [0, 0.1) is 11.8 Å². The number of hydrogen-bond acceptors (Lipinski definition) is 3. The molecule has 5 heteroatoms. The lowest BCUT2D eigenvalue weighted by Crippen LogP contribution is -2.14. The highest BCUT2D eigenvalue weighted by Crippen LogP contribution is 2.54. The van der Waals surface area contributed by atoms with Crippen molar-refractivity contribution >= 4 is 18.2 Å². The molecule has 0 N–H and O–H groups in total. The van der Waals surface area contributed by atoms with E-state index in [0.29, 0.717) is 25.0 Å². The molecular formula is C14H26ClO3P. The van der Waals surface area contributed by atoms with E-state index in [4.69, 9.17) is 20.3 Å². The Hall–Kier alpha value is 0.440. The standard InChI is InChI=1S/C14H26ClO3P/c15-19(16,17-11-13-7-3-1-4-8-13)18-12-14-9-5-2-6-10-14/h13-14H,1-12H2. The van der Waals surface area contributed by atoms with E-state index in [1.807, 2.05) is 0 Å². The van der Waals surface area contributed by atoms with Gasteiger partial charge in [0.25, 0.3) is 0 Å². The van der Waals surface area contributed by atoms with Crippen molar-refractivity contribution in [2.45, 2.75) is 64.2 Å². The third kappa shape index (κ3) is 6.16. The molecule has 2 aliphatic rings. The molecule has 0 bridgehead atoms. The summed E-state index contributed by atoms with van der Waals surface area (Å²) in [5, 5.41) is 0. The van der Waals surface area contributed by atoms with Crippen LogP contribution in [0.15, 0.2) is 0 Å². The first-order valence-corrected chi connectivity index (χ1v) is 10.2. The highest BCUT2D eigenvalue weighted by atomic mass is 35.7. The van der Waals surface area contributed by atoms with Gasteiger partial charge in [-0.05, 0) is 37.5 Å². The summed E-state index contributed by atoms with van der Waals surface area (Å²) < 4.78 is 22.7. The third-order valence-electron chi connectivity index (χ3n) is 4.38. The van der Waals surface area contributed by atoms with E-state index >= 15 is 0 Å². The molecule has 2 aliphatic carbocycles. The summed E-state index contributed by atoms with van der Waals surface area (Å²) in [6.07, 6.45) is 12.3. The van der Waals surface area contributed by atoms with Gasteiger partial charge >= 0.3 is 6.95 Å². The maximum atomic E-state index is 12.0. The summed E-state index contributed by atoms with van der Waals surface area (Å²) in [7, 11) is 0. The number of hydrogen-bond donors (Lipinski definition) is 0. The molecule has 0 amide bonds. The van der Waals surface area contributed by atoms with Gasteiger partial charge in [0.05, 0.1) is 13.2 Å². The topological polar surface area (TPSA) is 35.5 Å². The first-order chi connectivity index (χ1) is 9.16. The molecule has 2 saturated carbocycles. The molecule has 0 heterocycles. The van der Waals surface area contributed by atoms with Crippen LogP contribution < -0.4 is 0 Å². The molecule has 0 aromatic carbocycles. The first kappa shape index (κ1) is 15.8. The van der Waals surface area contributed by atoms with Gasteiger partial charge in [-0.15, -0.1) is 0 Å². The zero-order valence-corrected chi connectivity index (χ0v) is 13.3. The Kier molecular flexibility index (Phi) is 6.68. The molecule has 2 fully saturated rings. The van der Waals surface area contributed by atoms with Gasteiger partial charge in [0.15, 0.2) is 0 Å². The molecule has 2 rings (SSSR count). The van der Waals surface area contributed by atoms with E-state index in [2.05, 4.69) is 0 Å². The summed E-state index contributed by atoms with van der Waals surface area (Å²) in [5.41, 5.74) is 0. The van der Waals surface area contributed by atoms with Gasteiger partial charge in [-0.2, -0.15) is 0 Å². The summed E-state index contributed by atoms with van der Waals surface area (Å²) in [6.45, 7) is -2.37. The Labute approximate surface area is 121 Å². The smallest absolute Gasteiger partial charge is 0.297 e. The highest BCUT2D eigenvalue weighted by molar-refractivity contribution is 7.81. The lowest BCUT2D eigenvalue weighted by atomic mass is 9.90. The van der Waals surface area contributed by atoms with E-state index in [-0.39, 0.29) is 0 Å². The maximum absolute atomic E-state index is 12.0. The average Bonchev–Trinajstić information content (AvgIpc) is 2.46. The van der Waals surface area contributed by atoms with Crippen LogP contribution >= 0.6 is 18.2 Å². The molecular weight excluding hydrogens is 283 g/mol. The van der Waals surface area contributed by atoms with Gasteiger partial charge in [0.2, 0.25) is 0 Å². The molecule has 0 aromatic heterocycles. The summed E-state index contributed by atoms with van der Waals surface area (Å²) in [5.74, 6) is 1.03. The predicted molar refractivity (Wildman–Crippen MR) is 78.5 cm³/mol. The minimum absolute atomic E-state index is 0.492. The molecule has 0 unspecified atom stereocenters. The fourth-order valence-electron chi connectivity index (χ4n) is 3.13. The molecule has 0 spiro atoms. The maximum Gasteiger partial charge on any atom is 0.424 e. The Morgan fingerprint density at radius 1 is 0.789 bits per heavy atom. The molecule has 112 valence electrons. The van der Waals surface area contributed by atoms with E-state index in [1.54, 1.807) is 0 Å². The monoisotopic (exact) mass is 308 g/mol. The van der Waals surface area contributed by atoms with Crippen molar-refractivity contribution in [3.8, 4) is 0 Å². The second-order valence-electron chi connectivity index (χ2n) is 6.03. The van der Waals surface area contributed by atoms with Gasteiger partial charge in [0.1, 0.15) is 0 Å². The lowest BCUT2D eigenvalue weighted by Gasteiger charge is -2.24. The fraction of sp³-hybridized carbons (Fsp3) is 1.00. The molecule has 0 radical (unpaired) electrons. The SMILES string of the molecule is O=P(Cl)(OCC1CCCCC1)OCC1CCCCC1. The van der Waals surface area contributed by atoms with Gasteiger partial charge in [-0.1, -0.05) is 38.5 Å². The van der Waals surface area contributed by atoms with Crippen LogP contribution in [0.3, 0.4) is 0 Å². The zero-order valence-electron chi connectivity index (χ0n) is 11.7. The van der Waals surface area contributed by atoms with Crippen LogP contribution in [0.1, 0.15) is 64.2 Å². The van der Waals surface area contributed by atoms with Crippen molar-refractivity contribution in [3.63, 3.8) is 0 Å². The Morgan fingerprint density at radius 2 is 1.16 bits per heavy atom. The lowest BCUT2D eigenvalue weighted by molar-refractivity contribution is 0.147. The second-order valence-corrected chi connectivity index (χ2v) is 8.65. The number of rotatable bonds is 6. The normalized spacial score (nSPS) is 23.6. The molecule has 3 nitrogen and oxygen atoms in total. The first-order valence-electron chi connectivity index (χ1n) is 7.74. The molecule has 0 aromatic rings. The van der Waals surface area contributed by atoms with Crippen molar-refractivity contribution < 1.29 is 13.6 Å². The highest BCUT2D eigenvalue weighted by Gasteiger charge is 2.26. The largest absolute Gasteiger partial charge is 0.424 e. The summed E-state index contributed by atoms with van der Waals surface area (Å²) in [4.78, 5) is 0. The quantitative estimate of drug-likeness (QED) is 0.605. The summed E-state index contributed by atoms with van der Waals surface area (Å²) in [6, 6.07) is 0.